The lowest BCUT2D eigenvalue weighted by Crippen LogP contribution is -2.10. The van der Waals surface area contributed by atoms with Crippen LogP contribution >= 0.6 is 35.0 Å². The summed E-state index contributed by atoms with van der Waals surface area (Å²) in [7, 11) is 0. The van der Waals surface area contributed by atoms with Gasteiger partial charge in [0, 0.05) is 26.9 Å². The molecule has 0 fully saturated rings. The maximum Gasteiger partial charge on any atom is 0.116 e. The predicted octanol–water partition coefficient (Wildman–Crippen LogP) is 5.42. The molecule has 1 heterocycles. The van der Waals surface area contributed by atoms with E-state index in [0.717, 1.165) is 48.1 Å². The van der Waals surface area contributed by atoms with Crippen molar-refractivity contribution in [1.29, 1.82) is 10.5 Å². The summed E-state index contributed by atoms with van der Waals surface area (Å²) in [6, 6.07) is 9.70. The van der Waals surface area contributed by atoms with Gasteiger partial charge in [0.15, 0.2) is 0 Å². The number of hydrogen-bond donors (Lipinski definition) is 0. The van der Waals surface area contributed by atoms with Crippen LogP contribution in [-0.4, -0.2) is 10.7 Å². The van der Waals surface area contributed by atoms with Crippen LogP contribution in [0.3, 0.4) is 0 Å². The number of halogens is 2. The molecule has 1 aliphatic carbocycles. The zero-order valence-electron chi connectivity index (χ0n) is 12.8. The topological polar surface area (TPSA) is 60.5 Å². The number of nitrogens with zero attached hydrogens (tertiary/aromatic N) is 3. The smallest absolute Gasteiger partial charge is 0.116 e. The van der Waals surface area contributed by atoms with E-state index in [4.69, 9.17) is 28.5 Å². The van der Waals surface area contributed by atoms with Gasteiger partial charge in [0.1, 0.15) is 11.1 Å². The minimum Gasteiger partial charge on any atom is -0.245 e. The molecule has 0 atom stereocenters. The Bertz CT molecular complexity index is 881. The highest BCUT2D eigenvalue weighted by Crippen LogP contribution is 2.41. The van der Waals surface area contributed by atoms with Gasteiger partial charge in [-0.1, -0.05) is 41.0 Å². The Labute approximate surface area is 155 Å². The Balaban J connectivity index is 2.29. The molecule has 0 aliphatic heterocycles. The van der Waals surface area contributed by atoms with E-state index < -0.39 is 0 Å². The SMILES string of the molecule is N#CCSc1nc2c(c(-c3ccc(Cl)cc3Cl)c1C#N)CCCC2. The van der Waals surface area contributed by atoms with Crippen molar-refractivity contribution < 1.29 is 0 Å². The number of rotatable bonds is 3. The average Bonchev–Trinajstić information content (AvgIpc) is 2.59. The van der Waals surface area contributed by atoms with Crippen LogP contribution in [0.15, 0.2) is 23.2 Å². The van der Waals surface area contributed by atoms with E-state index >= 15 is 0 Å². The van der Waals surface area contributed by atoms with E-state index in [2.05, 4.69) is 17.1 Å². The van der Waals surface area contributed by atoms with E-state index in [0.29, 0.717) is 20.6 Å². The van der Waals surface area contributed by atoms with Crippen molar-refractivity contribution in [3.05, 3.63) is 45.1 Å². The normalized spacial score (nSPS) is 13.0. The molecule has 0 spiro atoms. The molecule has 24 heavy (non-hydrogen) atoms. The molecule has 0 bridgehead atoms. The molecule has 0 saturated heterocycles. The van der Waals surface area contributed by atoms with Crippen molar-refractivity contribution in [2.75, 3.05) is 5.75 Å². The minimum atomic E-state index is 0.258. The van der Waals surface area contributed by atoms with Gasteiger partial charge in [-0.2, -0.15) is 10.5 Å². The van der Waals surface area contributed by atoms with Gasteiger partial charge in [0.25, 0.3) is 0 Å². The lowest BCUT2D eigenvalue weighted by molar-refractivity contribution is 0.661. The first-order valence-corrected chi connectivity index (χ1v) is 9.31. The zero-order chi connectivity index (χ0) is 17.1. The molecule has 0 saturated carbocycles. The van der Waals surface area contributed by atoms with Gasteiger partial charge < -0.3 is 0 Å². The highest BCUT2D eigenvalue weighted by Gasteiger charge is 2.24. The number of benzene rings is 1. The maximum atomic E-state index is 9.75. The van der Waals surface area contributed by atoms with E-state index in [9.17, 15) is 5.26 Å². The number of fused-ring (bicyclic) bond motifs is 1. The molecule has 0 amide bonds. The maximum absolute atomic E-state index is 9.75. The van der Waals surface area contributed by atoms with Gasteiger partial charge in [0.05, 0.1) is 17.4 Å². The van der Waals surface area contributed by atoms with Gasteiger partial charge in [-0.05, 0) is 43.4 Å². The third kappa shape index (κ3) is 3.23. The number of aryl methyl sites for hydroxylation is 1. The standard InChI is InChI=1S/C18H13Cl2N3S/c19-11-5-6-12(15(20)9-11)17-13-3-1-2-4-16(13)23-18(14(17)10-22)24-8-7-21/h5-6,9H,1-4,8H2. The second kappa shape index (κ2) is 7.45. The summed E-state index contributed by atoms with van der Waals surface area (Å²) < 4.78 is 0. The molecule has 2 aromatic rings. The molecular weight excluding hydrogens is 361 g/mol. The molecule has 3 rings (SSSR count). The van der Waals surface area contributed by atoms with Crippen molar-refractivity contribution in [2.45, 2.75) is 30.7 Å². The van der Waals surface area contributed by atoms with E-state index in [1.807, 2.05) is 6.07 Å². The first-order valence-electron chi connectivity index (χ1n) is 7.56. The van der Waals surface area contributed by atoms with Crippen LogP contribution in [0.25, 0.3) is 11.1 Å². The fourth-order valence-corrected chi connectivity index (χ4v) is 4.19. The van der Waals surface area contributed by atoms with Crippen molar-refractivity contribution in [3.63, 3.8) is 0 Å². The van der Waals surface area contributed by atoms with Gasteiger partial charge in [-0.15, -0.1) is 0 Å². The number of hydrogen-bond acceptors (Lipinski definition) is 4. The quantitative estimate of drug-likeness (QED) is 0.673. The predicted molar refractivity (Wildman–Crippen MR) is 97.4 cm³/mol. The van der Waals surface area contributed by atoms with Crippen LogP contribution in [0.2, 0.25) is 10.0 Å². The van der Waals surface area contributed by atoms with Crippen LogP contribution in [0.1, 0.15) is 29.7 Å². The molecule has 1 aliphatic rings. The monoisotopic (exact) mass is 373 g/mol. The van der Waals surface area contributed by atoms with Crippen LogP contribution < -0.4 is 0 Å². The summed E-state index contributed by atoms with van der Waals surface area (Å²) in [5, 5.41) is 20.3. The van der Waals surface area contributed by atoms with E-state index in [1.54, 1.807) is 12.1 Å². The number of thioether (sulfide) groups is 1. The van der Waals surface area contributed by atoms with Crippen LogP contribution in [0, 0.1) is 22.7 Å². The first-order chi connectivity index (χ1) is 11.7. The highest BCUT2D eigenvalue weighted by atomic mass is 35.5. The number of pyridine rings is 1. The Morgan fingerprint density at radius 3 is 2.67 bits per heavy atom. The Kier molecular flexibility index (Phi) is 5.31. The number of aromatic nitrogens is 1. The van der Waals surface area contributed by atoms with E-state index in [-0.39, 0.29) is 5.75 Å². The molecule has 3 nitrogen and oxygen atoms in total. The first kappa shape index (κ1) is 17.1. The van der Waals surface area contributed by atoms with Gasteiger partial charge in [-0.25, -0.2) is 4.98 Å². The zero-order valence-corrected chi connectivity index (χ0v) is 15.1. The summed E-state index contributed by atoms with van der Waals surface area (Å²) >= 11 is 13.7. The highest BCUT2D eigenvalue weighted by molar-refractivity contribution is 7.99. The van der Waals surface area contributed by atoms with Crippen molar-refractivity contribution >= 4 is 35.0 Å². The van der Waals surface area contributed by atoms with Crippen LogP contribution in [-0.2, 0) is 12.8 Å². The number of nitriles is 2. The molecule has 0 radical (unpaired) electrons. The molecule has 6 heteroatoms. The molecule has 120 valence electrons. The van der Waals surface area contributed by atoms with Crippen LogP contribution in [0.4, 0.5) is 0 Å². The van der Waals surface area contributed by atoms with Gasteiger partial charge >= 0.3 is 0 Å². The Morgan fingerprint density at radius 1 is 1.17 bits per heavy atom. The van der Waals surface area contributed by atoms with Gasteiger partial charge in [-0.3, -0.25) is 0 Å². The van der Waals surface area contributed by atoms with Crippen molar-refractivity contribution in [1.82, 2.24) is 4.98 Å². The fourth-order valence-electron chi connectivity index (χ4n) is 3.02. The van der Waals surface area contributed by atoms with Gasteiger partial charge in [0.2, 0.25) is 0 Å². The van der Waals surface area contributed by atoms with Crippen molar-refractivity contribution in [2.24, 2.45) is 0 Å². The lowest BCUT2D eigenvalue weighted by Gasteiger charge is -2.22. The second-order valence-electron chi connectivity index (χ2n) is 5.48. The average molecular weight is 374 g/mol. The fraction of sp³-hybridized carbons (Fsp3) is 0.278. The molecular formula is C18H13Cl2N3S. The van der Waals surface area contributed by atoms with Crippen molar-refractivity contribution in [3.8, 4) is 23.3 Å². The second-order valence-corrected chi connectivity index (χ2v) is 7.29. The molecule has 0 unspecified atom stereocenters. The largest absolute Gasteiger partial charge is 0.245 e. The molecule has 1 aromatic carbocycles. The molecule has 1 aromatic heterocycles. The summed E-state index contributed by atoms with van der Waals surface area (Å²) in [6.45, 7) is 0. The summed E-state index contributed by atoms with van der Waals surface area (Å²) in [5.74, 6) is 0.258. The summed E-state index contributed by atoms with van der Waals surface area (Å²) in [6.07, 6.45) is 3.93. The third-order valence-electron chi connectivity index (χ3n) is 4.03. The lowest BCUT2D eigenvalue weighted by atomic mass is 9.87. The summed E-state index contributed by atoms with van der Waals surface area (Å²) in [5.41, 5.74) is 4.27. The molecule has 0 N–H and O–H groups in total. The Hall–Kier alpha value is -1.72. The summed E-state index contributed by atoms with van der Waals surface area (Å²) in [4.78, 5) is 4.68. The minimum absolute atomic E-state index is 0.258. The van der Waals surface area contributed by atoms with Crippen LogP contribution in [0.5, 0.6) is 0 Å². The Morgan fingerprint density at radius 2 is 1.96 bits per heavy atom. The third-order valence-corrected chi connectivity index (χ3v) is 5.42. The van der Waals surface area contributed by atoms with E-state index in [1.165, 1.54) is 11.8 Å².